The van der Waals surface area contributed by atoms with E-state index >= 15 is 0 Å². The van der Waals surface area contributed by atoms with Gasteiger partial charge in [-0.15, -0.1) is 0 Å². The minimum atomic E-state index is -0.632. The quantitative estimate of drug-likeness (QED) is 0.518. The zero-order valence-corrected chi connectivity index (χ0v) is 13.2. The molecular formula is C16H22N2O4. The molecule has 0 amide bonds. The van der Waals surface area contributed by atoms with Gasteiger partial charge in [-0.25, -0.2) is 4.79 Å². The van der Waals surface area contributed by atoms with E-state index in [9.17, 15) is 14.9 Å². The van der Waals surface area contributed by atoms with Gasteiger partial charge in [0.15, 0.2) is 0 Å². The zero-order valence-electron chi connectivity index (χ0n) is 13.2. The fraction of sp³-hybridized carbons (Fsp3) is 0.562. The van der Waals surface area contributed by atoms with Crippen molar-refractivity contribution in [3.05, 3.63) is 33.9 Å². The second kappa shape index (κ2) is 6.34. The van der Waals surface area contributed by atoms with E-state index in [0.717, 1.165) is 25.7 Å². The van der Waals surface area contributed by atoms with Crippen molar-refractivity contribution in [1.29, 1.82) is 0 Å². The number of benzene rings is 1. The van der Waals surface area contributed by atoms with Gasteiger partial charge in [0.1, 0.15) is 11.3 Å². The summed E-state index contributed by atoms with van der Waals surface area (Å²) >= 11 is 0. The monoisotopic (exact) mass is 306 g/mol. The van der Waals surface area contributed by atoms with E-state index in [0.29, 0.717) is 5.69 Å². The number of nitrogens with one attached hydrogen (secondary N) is 1. The van der Waals surface area contributed by atoms with E-state index in [1.165, 1.54) is 6.07 Å². The molecule has 0 aromatic heterocycles. The first-order valence-corrected chi connectivity index (χ1v) is 7.54. The molecule has 0 aliphatic heterocycles. The summed E-state index contributed by atoms with van der Waals surface area (Å²) in [5.74, 6) is -0.553. The fourth-order valence-electron chi connectivity index (χ4n) is 2.56. The van der Waals surface area contributed by atoms with Crippen molar-refractivity contribution in [1.82, 2.24) is 0 Å². The van der Waals surface area contributed by atoms with Crippen LogP contribution in [0.15, 0.2) is 18.2 Å². The molecule has 2 rings (SSSR count). The van der Waals surface area contributed by atoms with Gasteiger partial charge in [-0.1, -0.05) is 12.8 Å². The van der Waals surface area contributed by atoms with Gasteiger partial charge in [0.25, 0.3) is 5.69 Å². The predicted octanol–water partition coefficient (Wildman–Crippen LogP) is 3.90. The molecule has 0 saturated heterocycles. The molecule has 120 valence electrons. The lowest BCUT2D eigenvalue weighted by Gasteiger charge is -2.19. The lowest BCUT2D eigenvalue weighted by Crippen LogP contribution is -2.24. The van der Waals surface area contributed by atoms with Gasteiger partial charge < -0.3 is 10.1 Å². The average molecular weight is 306 g/mol. The van der Waals surface area contributed by atoms with E-state index in [-0.39, 0.29) is 17.3 Å². The fourth-order valence-corrected chi connectivity index (χ4v) is 2.56. The van der Waals surface area contributed by atoms with Crippen molar-refractivity contribution in [2.45, 2.75) is 58.1 Å². The zero-order chi connectivity index (χ0) is 16.3. The summed E-state index contributed by atoms with van der Waals surface area (Å²) in [5.41, 5.74) is -0.0647. The smallest absolute Gasteiger partial charge is 0.338 e. The number of esters is 1. The van der Waals surface area contributed by atoms with E-state index in [2.05, 4.69) is 5.32 Å². The molecule has 6 nitrogen and oxygen atoms in total. The number of hydrogen-bond donors (Lipinski definition) is 1. The molecule has 0 spiro atoms. The van der Waals surface area contributed by atoms with Gasteiger partial charge in [0, 0.05) is 12.1 Å². The van der Waals surface area contributed by atoms with E-state index in [1.807, 2.05) is 0 Å². The topological polar surface area (TPSA) is 81.5 Å². The molecular weight excluding hydrogens is 284 g/mol. The van der Waals surface area contributed by atoms with Gasteiger partial charge in [0.05, 0.1) is 10.5 Å². The Balaban J connectivity index is 2.22. The standard InChI is InChI=1S/C16H22N2O4/c1-16(2,3)22-15(19)11-8-9-13(14(10-11)18(20)21)17-12-6-4-5-7-12/h8-10,12,17H,4-7H2,1-3H3. The highest BCUT2D eigenvalue weighted by Gasteiger charge is 2.24. The lowest BCUT2D eigenvalue weighted by atomic mass is 10.1. The number of ether oxygens (including phenoxy) is 1. The van der Waals surface area contributed by atoms with Crippen molar-refractivity contribution >= 4 is 17.3 Å². The van der Waals surface area contributed by atoms with Crippen LogP contribution in [0.5, 0.6) is 0 Å². The van der Waals surface area contributed by atoms with Crippen LogP contribution >= 0.6 is 0 Å². The Labute approximate surface area is 130 Å². The predicted molar refractivity (Wildman–Crippen MR) is 84.1 cm³/mol. The molecule has 1 saturated carbocycles. The van der Waals surface area contributed by atoms with Crippen LogP contribution in [-0.4, -0.2) is 22.5 Å². The minimum absolute atomic E-state index is 0.0877. The summed E-state index contributed by atoms with van der Waals surface area (Å²) in [4.78, 5) is 22.8. The molecule has 1 aromatic rings. The van der Waals surface area contributed by atoms with E-state index in [1.54, 1.807) is 32.9 Å². The summed E-state index contributed by atoms with van der Waals surface area (Å²) in [6.07, 6.45) is 4.32. The molecule has 1 aliphatic carbocycles. The van der Waals surface area contributed by atoms with Crippen LogP contribution in [-0.2, 0) is 4.74 Å². The highest BCUT2D eigenvalue weighted by atomic mass is 16.6. The molecule has 0 unspecified atom stereocenters. The highest BCUT2D eigenvalue weighted by Crippen LogP contribution is 2.30. The molecule has 0 heterocycles. The molecule has 1 N–H and O–H groups in total. The van der Waals surface area contributed by atoms with E-state index < -0.39 is 16.5 Å². The van der Waals surface area contributed by atoms with Gasteiger partial charge in [-0.3, -0.25) is 10.1 Å². The Morgan fingerprint density at radius 3 is 2.50 bits per heavy atom. The van der Waals surface area contributed by atoms with Crippen LogP contribution < -0.4 is 5.32 Å². The summed E-state index contributed by atoms with van der Waals surface area (Å²) in [6.45, 7) is 5.28. The van der Waals surface area contributed by atoms with Crippen molar-refractivity contribution < 1.29 is 14.5 Å². The van der Waals surface area contributed by atoms with E-state index in [4.69, 9.17) is 4.74 Å². The van der Waals surface area contributed by atoms with Crippen LogP contribution in [0.2, 0.25) is 0 Å². The summed E-state index contributed by atoms with van der Waals surface area (Å²) < 4.78 is 5.25. The maximum Gasteiger partial charge on any atom is 0.338 e. The molecule has 1 aliphatic rings. The first-order valence-electron chi connectivity index (χ1n) is 7.54. The van der Waals surface area contributed by atoms with Crippen molar-refractivity contribution in [2.24, 2.45) is 0 Å². The largest absolute Gasteiger partial charge is 0.456 e. The minimum Gasteiger partial charge on any atom is -0.456 e. The Hall–Kier alpha value is -2.11. The molecule has 0 atom stereocenters. The first kappa shape index (κ1) is 16.3. The number of anilines is 1. The highest BCUT2D eigenvalue weighted by molar-refractivity contribution is 5.91. The Bertz CT molecular complexity index is 572. The van der Waals surface area contributed by atoms with Gasteiger partial charge >= 0.3 is 5.97 Å². The van der Waals surface area contributed by atoms with Crippen molar-refractivity contribution in [3.8, 4) is 0 Å². The van der Waals surface area contributed by atoms with Crippen LogP contribution in [0.25, 0.3) is 0 Å². The number of nitrogens with zero attached hydrogens (tertiary/aromatic N) is 1. The van der Waals surface area contributed by atoms with Crippen LogP contribution in [0.1, 0.15) is 56.8 Å². The number of nitro benzene ring substituents is 1. The number of rotatable bonds is 4. The Kier molecular flexibility index (Phi) is 4.68. The maximum absolute atomic E-state index is 12.0. The second-order valence-corrected chi connectivity index (χ2v) is 6.62. The van der Waals surface area contributed by atoms with Gasteiger partial charge in [-0.2, -0.15) is 0 Å². The number of carbonyl (C=O) groups excluding carboxylic acids is 1. The third-order valence-corrected chi connectivity index (χ3v) is 3.54. The molecule has 6 heteroatoms. The first-order chi connectivity index (χ1) is 10.3. The maximum atomic E-state index is 12.0. The van der Waals surface area contributed by atoms with Gasteiger partial charge in [-0.05, 0) is 45.7 Å². The SMILES string of the molecule is CC(C)(C)OC(=O)c1ccc(NC2CCCC2)c([N+](=O)[O-])c1. The van der Waals surface area contributed by atoms with Crippen LogP contribution in [0.3, 0.4) is 0 Å². The normalized spacial score (nSPS) is 15.6. The Morgan fingerprint density at radius 2 is 1.95 bits per heavy atom. The molecule has 0 radical (unpaired) electrons. The van der Waals surface area contributed by atoms with Crippen LogP contribution in [0.4, 0.5) is 11.4 Å². The molecule has 0 bridgehead atoms. The molecule has 22 heavy (non-hydrogen) atoms. The van der Waals surface area contributed by atoms with Crippen LogP contribution in [0, 0.1) is 10.1 Å². The van der Waals surface area contributed by atoms with Crippen molar-refractivity contribution in [2.75, 3.05) is 5.32 Å². The lowest BCUT2D eigenvalue weighted by molar-refractivity contribution is -0.384. The molecule has 1 fully saturated rings. The molecule has 1 aromatic carbocycles. The second-order valence-electron chi connectivity index (χ2n) is 6.62. The number of nitro groups is 1. The summed E-state index contributed by atoms with van der Waals surface area (Å²) in [6, 6.07) is 4.71. The summed E-state index contributed by atoms with van der Waals surface area (Å²) in [5, 5.41) is 14.5. The van der Waals surface area contributed by atoms with Crippen molar-refractivity contribution in [3.63, 3.8) is 0 Å². The average Bonchev–Trinajstić information content (AvgIpc) is 2.89. The van der Waals surface area contributed by atoms with Gasteiger partial charge in [0.2, 0.25) is 0 Å². The number of carbonyl (C=O) groups is 1. The third kappa shape index (κ3) is 4.19. The Morgan fingerprint density at radius 1 is 1.32 bits per heavy atom. The summed E-state index contributed by atoms with van der Waals surface area (Å²) in [7, 11) is 0. The third-order valence-electron chi connectivity index (χ3n) is 3.54. The number of hydrogen-bond acceptors (Lipinski definition) is 5.